The van der Waals surface area contributed by atoms with E-state index in [1.54, 1.807) is 17.8 Å². The quantitative estimate of drug-likeness (QED) is 0.692. The highest BCUT2D eigenvalue weighted by atomic mass is 16.5. The Labute approximate surface area is 127 Å². The number of benzene rings is 1. The molecular weight excluding hydrogens is 282 g/mol. The monoisotopic (exact) mass is 297 g/mol. The maximum atomic E-state index is 12.1. The zero-order valence-electron chi connectivity index (χ0n) is 12.3. The molecular formula is C16H15N3O3. The van der Waals surface area contributed by atoms with Crippen LogP contribution in [0.1, 0.15) is 27.4 Å². The molecule has 22 heavy (non-hydrogen) atoms. The second-order valence-corrected chi connectivity index (χ2v) is 4.89. The van der Waals surface area contributed by atoms with Crippen LogP contribution in [0.25, 0.3) is 5.69 Å². The molecule has 112 valence electrons. The van der Waals surface area contributed by atoms with Crippen LogP contribution in [0.5, 0.6) is 0 Å². The van der Waals surface area contributed by atoms with Gasteiger partial charge in [0.25, 0.3) is 0 Å². The lowest BCUT2D eigenvalue weighted by Crippen LogP contribution is -2.05. The van der Waals surface area contributed by atoms with Crippen LogP contribution in [-0.2, 0) is 11.3 Å². The smallest absolute Gasteiger partial charge is 0.341 e. The van der Waals surface area contributed by atoms with Gasteiger partial charge in [0.15, 0.2) is 0 Å². The minimum absolute atomic E-state index is 0.135. The van der Waals surface area contributed by atoms with E-state index in [-0.39, 0.29) is 6.61 Å². The first kappa shape index (κ1) is 14.1. The third-order valence-corrected chi connectivity index (χ3v) is 3.37. The fraction of sp³-hybridized carbons (Fsp3) is 0.188. The molecule has 0 N–H and O–H groups in total. The van der Waals surface area contributed by atoms with Crippen molar-refractivity contribution < 1.29 is 14.1 Å². The molecule has 2 heterocycles. The van der Waals surface area contributed by atoms with Crippen LogP contribution in [0.15, 0.2) is 47.2 Å². The number of para-hydroxylation sites is 1. The maximum absolute atomic E-state index is 12.1. The Bertz CT molecular complexity index is 771. The topological polar surface area (TPSA) is 70.2 Å². The van der Waals surface area contributed by atoms with Gasteiger partial charge in [-0.05, 0) is 26.0 Å². The zero-order valence-corrected chi connectivity index (χ0v) is 12.3. The summed E-state index contributed by atoms with van der Waals surface area (Å²) in [6, 6.07) is 9.56. The fourth-order valence-corrected chi connectivity index (χ4v) is 2.08. The van der Waals surface area contributed by atoms with Gasteiger partial charge in [-0.25, -0.2) is 9.48 Å². The minimum atomic E-state index is -0.429. The summed E-state index contributed by atoms with van der Waals surface area (Å²) in [6.45, 7) is 3.74. The van der Waals surface area contributed by atoms with Crippen molar-refractivity contribution >= 4 is 5.97 Å². The van der Waals surface area contributed by atoms with Crippen molar-refractivity contribution in [2.24, 2.45) is 0 Å². The van der Waals surface area contributed by atoms with Crippen molar-refractivity contribution in [1.29, 1.82) is 0 Å². The molecule has 0 aliphatic heterocycles. The molecule has 0 unspecified atom stereocenters. The molecule has 0 aliphatic carbocycles. The molecule has 0 fully saturated rings. The van der Waals surface area contributed by atoms with E-state index in [4.69, 9.17) is 9.26 Å². The molecule has 6 nitrogen and oxygen atoms in total. The summed E-state index contributed by atoms with van der Waals surface area (Å²) in [4.78, 5) is 12.1. The molecule has 0 aliphatic rings. The molecule has 0 saturated carbocycles. The van der Waals surface area contributed by atoms with Gasteiger partial charge in [0, 0.05) is 6.20 Å². The van der Waals surface area contributed by atoms with Gasteiger partial charge in [0.2, 0.25) is 0 Å². The highest BCUT2D eigenvalue weighted by Gasteiger charge is 2.14. The van der Waals surface area contributed by atoms with Crippen molar-refractivity contribution in [1.82, 2.24) is 14.9 Å². The van der Waals surface area contributed by atoms with Gasteiger partial charge >= 0.3 is 5.97 Å². The lowest BCUT2D eigenvalue weighted by atomic mass is 10.2. The predicted octanol–water partition coefficient (Wildman–Crippen LogP) is 2.83. The first-order chi connectivity index (χ1) is 10.6. The summed E-state index contributed by atoms with van der Waals surface area (Å²) in [6.07, 6.45) is 3.13. The van der Waals surface area contributed by atoms with E-state index in [0.29, 0.717) is 11.3 Å². The number of hydrogen-bond donors (Lipinski definition) is 0. The van der Waals surface area contributed by atoms with Crippen molar-refractivity contribution in [3.8, 4) is 5.69 Å². The molecule has 3 aromatic rings. The van der Waals surface area contributed by atoms with Gasteiger partial charge in [-0.2, -0.15) is 5.10 Å². The molecule has 0 radical (unpaired) electrons. The minimum Gasteiger partial charge on any atom is -0.457 e. The van der Waals surface area contributed by atoms with Gasteiger partial charge < -0.3 is 9.26 Å². The summed E-state index contributed by atoms with van der Waals surface area (Å²) in [5, 5.41) is 8.00. The van der Waals surface area contributed by atoms with E-state index in [0.717, 1.165) is 16.9 Å². The van der Waals surface area contributed by atoms with E-state index in [2.05, 4.69) is 10.3 Å². The number of carbonyl (C=O) groups is 1. The van der Waals surface area contributed by atoms with Gasteiger partial charge in [0.05, 0.1) is 28.7 Å². The van der Waals surface area contributed by atoms with Crippen molar-refractivity contribution in [3.63, 3.8) is 0 Å². The molecule has 0 saturated heterocycles. The molecule has 3 rings (SSSR count). The molecule has 0 spiro atoms. The average Bonchev–Trinajstić information content (AvgIpc) is 3.14. The van der Waals surface area contributed by atoms with Gasteiger partial charge in [-0.3, -0.25) is 0 Å². The van der Waals surface area contributed by atoms with Crippen LogP contribution in [0.4, 0.5) is 0 Å². The maximum Gasteiger partial charge on any atom is 0.341 e. The normalized spacial score (nSPS) is 10.6. The molecule has 0 bridgehead atoms. The third kappa shape index (κ3) is 2.76. The van der Waals surface area contributed by atoms with Crippen molar-refractivity contribution in [3.05, 3.63) is 65.3 Å². The van der Waals surface area contributed by atoms with Gasteiger partial charge in [-0.15, -0.1) is 0 Å². The van der Waals surface area contributed by atoms with Crippen LogP contribution < -0.4 is 0 Å². The van der Waals surface area contributed by atoms with Crippen LogP contribution in [0.2, 0.25) is 0 Å². The largest absolute Gasteiger partial charge is 0.457 e. The second kappa shape index (κ2) is 5.85. The van der Waals surface area contributed by atoms with Gasteiger partial charge in [-0.1, -0.05) is 23.4 Å². The van der Waals surface area contributed by atoms with Crippen LogP contribution in [-0.4, -0.2) is 20.9 Å². The number of rotatable bonds is 4. The Morgan fingerprint density at radius 1 is 1.27 bits per heavy atom. The third-order valence-electron chi connectivity index (χ3n) is 3.37. The van der Waals surface area contributed by atoms with Crippen molar-refractivity contribution in [2.75, 3.05) is 0 Å². The van der Waals surface area contributed by atoms with E-state index in [9.17, 15) is 4.79 Å². The Morgan fingerprint density at radius 2 is 2.05 bits per heavy atom. The average molecular weight is 297 g/mol. The number of aryl methyl sites for hydroxylation is 2. The Balaban J connectivity index is 1.70. The van der Waals surface area contributed by atoms with E-state index < -0.39 is 5.97 Å². The summed E-state index contributed by atoms with van der Waals surface area (Å²) in [5.41, 5.74) is 2.80. The number of ether oxygens (including phenoxy) is 1. The standard InChI is InChI=1S/C16H15N3O3/c1-11-15(12(2)22-18-11)10-21-16(20)13-8-17-19(9-13)14-6-4-3-5-7-14/h3-9H,10H2,1-2H3. The van der Waals surface area contributed by atoms with Crippen LogP contribution in [0, 0.1) is 13.8 Å². The van der Waals surface area contributed by atoms with Gasteiger partial charge in [0.1, 0.15) is 12.4 Å². The summed E-state index contributed by atoms with van der Waals surface area (Å²) < 4.78 is 12.0. The number of hydrogen-bond acceptors (Lipinski definition) is 5. The van der Waals surface area contributed by atoms with E-state index in [1.807, 2.05) is 37.3 Å². The Morgan fingerprint density at radius 3 is 2.73 bits per heavy atom. The zero-order chi connectivity index (χ0) is 15.5. The predicted molar refractivity (Wildman–Crippen MR) is 78.7 cm³/mol. The highest BCUT2D eigenvalue weighted by Crippen LogP contribution is 2.15. The first-order valence-electron chi connectivity index (χ1n) is 6.84. The lowest BCUT2D eigenvalue weighted by molar-refractivity contribution is 0.0471. The summed E-state index contributed by atoms with van der Waals surface area (Å²) in [7, 11) is 0. The fourth-order valence-electron chi connectivity index (χ4n) is 2.08. The molecule has 0 amide bonds. The Kier molecular flexibility index (Phi) is 3.74. The molecule has 0 atom stereocenters. The first-order valence-corrected chi connectivity index (χ1v) is 6.84. The second-order valence-electron chi connectivity index (χ2n) is 4.89. The number of nitrogens with zero attached hydrogens (tertiary/aromatic N) is 3. The SMILES string of the molecule is Cc1noc(C)c1COC(=O)c1cnn(-c2ccccc2)c1. The van der Waals surface area contributed by atoms with E-state index >= 15 is 0 Å². The lowest BCUT2D eigenvalue weighted by Gasteiger charge is -2.02. The summed E-state index contributed by atoms with van der Waals surface area (Å²) >= 11 is 0. The van der Waals surface area contributed by atoms with Crippen LogP contribution >= 0.6 is 0 Å². The summed E-state index contributed by atoms with van der Waals surface area (Å²) in [5.74, 6) is 0.229. The number of esters is 1. The number of carbonyl (C=O) groups excluding carboxylic acids is 1. The molecule has 2 aromatic heterocycles. The Hall–Kier alpha value is -2.89. The highest BCUT2D eigenvalue weighted by molar-refractivity contribution is 5.88. The number of aromatic nitrogens is 3. The molecule has 6 heteroatoms. The molecule has 1 aromatic carbocycles. The van der Waals surface area contributed by atoms with Crippen molar-refractivity contribution in [2.45, 2.75) is 20.5 Å². The van der Waals surface area contributed by atoms with E-state index in [1.165, 1.54) is 6.20 Å². The van der Waals surface area contributed by atoms with Crippen LogP contribution in [0.3, 0.4) is 0 Å².